The maximum Gasteiger partial charge on any atom is 0.259 e. The highest BCUT2D eigenvalue weighted by Crippen LogP contribution is 2.27. The molecule has 0 heterocycles. The fraction of sp³-hybridized carbons (Fsp3) is 0.167. The van der Waals surface area contributed by atoms with E-state index < -0.39 is 11.8 Å². The number of carbonyl (C=O) groups excluding carboxylic acids is 2. The topological polar surface area (TPSA) is 109 Å². The molecule has 0 saturated carbocycles. The molecule has 0 saturated heterocycles. The number of hydrogen-bond donors (Lipinski definition) is 3. The summed E-state index contributed by atoms with van der Waals surface area (Å²) in [5.41, 5.74) is 3.24. The number of methoxy groups -OCH3 is 2. The molecule has 8 heteroatoms. The van der Waals surface area contributed by atoms with Gasteiger partial charge in [0.15, 0.2) is 11.5 Å². The lowest BCUT2D eigenvalue weighted by atomic mass is 10.2. The first-order valence-corrected chi connectivity index (χ1v) is 7.64. The largest absolute Gasteiger partial charge is 0.508 e. The van der Waals surface area contributed by atoms with Crippen LogP contribution in [0.25, 0.3) is 0 Å². The zero-order valence-electron chi connectivity index (χ0n) is 14.4. The van der Waals surface area contributed by atoms with Crippen LogP contribution in [0.5, 0.6) is 17.2 Å². The highest BCUT2D eigenvalue weighted by Gasteiger charge is 2.11. The van der Waals surface area contributed by atoms with Gasteiger partial charge in [-0.2, -0.15) is 5.10 Å². The van der Waals surface area contributed by atoms with Gasteiger partial charge in [0.2, 0.25) is 0 Å². The summed E-state index contributed by atoms with van der Waals surface area (Å²) >= 11 is 0. The molecule has 0 spiro atoms. The summed E-state index contributed by atoms with van der Waals surface area (Å²) in [5.74, 6) is 0.0964. The third kappa shape index (κ3) is 5.23. The number of hydrazone groups is 1. The number of nitrogens with one attached hydrogen (secondary N) is 2. The number of benzene rings is 2. The zero-order chi connectivity index (χ0) is 18.9. The van der Waals surface area contributed by atoms with Crippen LogP contribution in [-0.4, -0.2) is 43.9 Å². The van der Waals surface area contributed by atoms with Gasteiger partial charge in [0.1, 0.15) is 5.75 Å². The predicted octanol–water partition coefficient (Wildman–Crippen LogP) is 1.29. The Hall–Kier alpha value is -3.55. The number of phenols is 1. The molecule has 8 nitrogen and oxygen atoms in total. The molecule has 0 unspecified atom stereocenters. The van der Waals surface area contributed by atoms with Crippen molar-refractivity contribution in [3.63, 3.8) is 0 Å². The van der Waals surface area contributed by atoms with Crippen molar-refractivity contribution in [3.05, 3.63) is 53.6 Å². The van der Waals surface area contributed by atoms with Crippen LogP contribution >= 0.6 is 0 Å². The Balaban J connectivity index is 1.86. The van der Waals surface area contributed by atoms with E-state index in [1.54, 1.807) is 24.3 Å². The molecule has 0 radical (unpaired) electrons. The maximum absolute atomic E-state index is 12.1. The first-order valence-electron chi connectivity index (χ1n) is 7.64. The average molecular weight is 357 g/mol. The van der Waals surface area contributed by atoms with E-state index in [-0.39, 0.29) is 12.3 Å². The molecule has 136 valence electrons. The van der Waals surface area contributed by atoms with Crippen molar-refractivity contribution in [2.45, 2.75) is 0 Å². The molecule has 0 aliphatic heterocycles. The molecule has 26 heavy (non-hydrogen) atoms. The van der Waals surface area contributed by atoms with Crippen molar-refractivity contribution in [1.82, 2.24) is 10.7 Å². The van der Waals surface area contributed by atoms with Crippen LogP contribution in [0.3, 0.4) is 0 Å². The molecule has 0 aliphatic carbocycles. The Labute approximate surface area is 150 Å². The molecule has 0 aliphatic rings. The number of nitrogens with zero attached hydrogens (tertiary/aromatic N) is 1. The summed E-state index contributed by atoms with van der Waals surface area (Å²) in [4.78, 5) is 23.8. The molecule has 2 aromatic carbocycles. The molecule has 0 bridgehead atoms. The van der Waals surface area contributed by atoms with Gasteiger partial charge < -0.3 is 19.9 Å². The van der Waals surface area contributed by atoms with E-state index in [0.717, 1.165) is 0 Å². The minimum absolute atomic E-state index is 0.0995. The molecule has 2 rings (SSSR count). The maximum atomic E-state index is 12.1. The number of phenolic OH excluding ortho intramolecular Hbond substituents is 1. The Morgan fingerprint density at radius 3 is 2.58 bits per heavy atom. The lowest BCUT2D eigenvalue weighted by Gasteiger charge is -2.09. The van der Waals surface area contributed by atoms with E-state index in [0.29, 0.717) is 22.6 Å². The Morgan fingerprint density at radius 2 is 1.88 bits per heavy atom. The van der Waals surface area contributed by atoms with Crippen LogP contribution in [0.4, 0.5) is 0 Å². The van der Waals surface area contributed by atoms with Crippen molar-refractivity contribution in [1.29, 1.82) is 0 Å². The quantitative estimate of drug-likeness (QED) is 0.511. The molecule has 0 aromatic heterocycles. The molecule has 0 atom stereocenters. The number of hydrogen-bond acceptors (Lipinski definition) is 6. The average Bonchev–Trinajstić information content (AvgIpc) is 2.65. The third-order valence-corrected chi connectivity index (χ3v) is 3.33. The van der Waals surface area contributed by atoms with Crippen molar-refractivity contribution >= 4 is 18.0 Å². The number of ether oxygens (including phenoxy) is 2. The summed E-state index contributed by atoms with van der Waals surface area (Å²) in [6.45, 7) is -0.245. The Bertz CT molecular complexity index is 820. The highest BCUT2D eigenvalue weighted by molar-refractivity contribution is 5.97. The number of carbonyl (C=O) groups is 2. The summed E-state index contributed by atoms with van der Waals surface area (Å²) < 4.78 is 10.2. The van der Waals surface area contributed by atoms with Crippen LogP contribution in [0.15, 0.2) is 47.6 Å². The highest BCUT2D eigenvalue weighted by atomic mass is 16.5. The fourth-order valence-electron chi connectivity index (χ4n) is 2.06. The Kier molecular flexibility index (Phi) is 6.55. The van der Waals surface area contributed by atoms with E-state index in [1.807, 2.05) is 0 Å². The molecule has 2 aromatic rings. The van der Waals surface area contributed by atoms with Crippen LogP contribution in [0, 0.1) is 0 Å². The first kappa shape index (κ1) is 18.8. The minimum atomic E-state index is -0.491. The first-order chi connectivity index (χ1) is 12.5. The van der Waals surface area contributed by atoms with Crippen LogP contribution in [0.2, 0.25) is 0 Å². The summed E-state index contributed by atoms with van der Waals surface area (Å²) in [6.07, 6.45) is 1.38. The van der Waals surface area contributed by atoms with Crippen molar-refractivity contribution in [2.75, 3.05) is 20.8 Å². The van der Waals surface area contributed by atoms with Gasteiger partial charge in [0.25, 0.3) is 11.8 Å². The predicted molar refractivity (Wildman–Crippen MR) is 95.7 cm³/mol. The van der Waals surface area contributed by atoms with Gasteiger partial charge in [0.05, 0.1) is 27.0 Å². The van der Waals surface area contributed by atoms with Gasteiger partial charge in [-0.05, 0) is 35.9 Å². The third-order valence-electron chi connectivity index (χ3n) is 3.33. The number of amides is 2. The van der Waals surface area contributed by atoms with E-state index in [1.165, 1.54) is 38.6 Å². The van der Waals surface area contributed by atoms with Crippen LogP contribution < -0.4 is 20.2 Å². The zero-order valence-corrected chi connectivity index (χ0v) is 14.4. The fourth-order valence-corrected chi connectivity index (χ4v) is 2.06. The van der Waals surface area contributed by atoms with Gasteiger partial charge in [0, 0.05) is 5.56 Å². The molecular weight excluding hydrogens is 338 g/mol. The van der Waals surface area contributed by atoms with E-state index in [4.69, 9.17) is 9.47 Å². The normalized spacial score (nSPS) is 10.4. The van der Waals surface area contributed by atoms with Gasteiger partial charge in [-0.1, -0.05) is 12.1 Å². The van der Waals surface area contributed by atoms with Gasteiger partial charge in [-0.15, -0.1) is 0 Å². The van der Waals surface area contributed by atoms with Gasteiger partial charge in [-0.25, -0.2) is 5.43 Å². The minimum Gasteiger partial charge on any atom is -0.508 e. The van der Waals surface area contributed by atoms with Crippen molar-refractivity contribution < 1.29 is 24.2 Å². The van der Waals surface area contributed by atoms with E-state index in [9.17, 15) is 14.7 Å². The molecular formula is C18H19N3O5. The number of aromatic hydroxyl groups is 1. The smallest absolute Gasteiger partial charge is 0.259 e. The SMILES string of the molecule is COc1ccc(C(=O)NCC(=O)N/N=C/c2cccc(O)c2)cc1OC. The molecule has 0 fully saturated rings. The second-order valence-electron chi connectivity index (χ2n) is 5.14. The van der Waals surface area contributed by atoms with Gasteiger partial charge in [-0.3, -0.25) is 9.59 Å². The standard InChI is InChI=1S/C18H19N3O5/c1-25-15-7-6-13(9-16(15)26-2)18(24)19-11-17(23)21-20-10-12-4-3-5-14(22)8-12/h3-10,22H,11H2,1-2H3,(H,19,24)(H,21,23)/b20-10+. The lowest BCUT2D eigenvalue weighted by molar-refractivity contribution is -0.120. The summed E-state index contributed by atoms with van der Waals surface area (Å²) in [5, 5.41) is 15.6. The molecule has 3 N–H and O–H groups in total. The number of rotatable bonds is 7. The van der Waals surface area contributed by atoms with Gasteiger partial charge >= 0.3 is 0 Å². The van der Waals surface area contributed by atoms with Crippen molar-refractivity contribution in [2.24, 2.45) is 5.10 Å². The van der Waals surface area contributed by atoms with E-state index in [2.05, 4.69) is 15.8 Å². The van der Waals surface area contributed by atoms with Crippen molar-refractivity contribution in [3.8, 4) is 17.2 Å². The molecule has 2 amide bonds. The van der Waals surface area contributed by atoms with E-state index >= 15 is 0 Å². The summed E-state index contributed by atoms with van der Waals surface area (Å²) in [6, 6.07) is 11.1. The van der Waals surface area contributed by atoms with Crippen LogP contribution in [0.1, 0.15) is 15.9 Å². The Morgan fingerprint density at radius 1 is 1.12 bits per heavy atom. The monoisotopic (exact) mass is 357 g/mol. The second-order valence-corrected chi connectivity index (χ2v) is 5.14. The lowest BCUT2D eigenvalue weighted by Crippen LogP contribution is -2.34. The summed E-state index contributed by atoms with van der Waals surface area (Å²) in [7, 11) is 2.97. The van der Waals surface area contributed by atoms with Crippen LogP contribution in [-0.2, 0) is 4.79 Å². The second kappa shape index (κ2) is 9.07.